The maximum absolute atomic E-state index is 14.8. The number of ether oxygens (including phenoxy) is 4. The first-order chi connectivity index (χ1) is 30.3. The molecular weight excluding hydrogens is 865 g/mol. The van der Waals surface area contributed by atoms with Crippen molar-refractivity contribution < 1.29 is 65.8 Å². The Morgan fingerprint density at radius 1 is 0.985 bits per heavy atom. The van der Waals surface area contributed by atoms with Gasteiger partial charge in [0.25, 0.3) is 11.7 Å². The van der Waals surface area contributed by atoms with Crippen molar-refractivity contribution in [1.29, 1.82) is 0 Å². The number of nitrogens with zero attached hydrogens (tertiary/aromatic N) is 3. The number of aliphatic hydroxyl groups is 1. The van der Waals surface area contributed by atoms with Crippen LogP contribution in [0.1, 0.15) is 91.1 Å². The van der Waals surface area contributed by atoms with Gasteiger partial charge in [0.2, 0.25) is 0 Å². The lowest BCUT2D eigenvalue weighted by molar-refractivity contribution is -0.160. The number of piperidine rings is 1. The fourth-order valence-corrected chi connectivity index (χ4v) is 10.1. The number of methoxy groups -OCH3 is 1. The number of ketones is 1. The molecule has 65 heavy (non-hydrogen) atoms. The summed E-state index contributed by atoms with van der Waals surface area (Å²) in [5.74, 6) is -7.97. The SMILES string of the molecule is CO[C@H]1/C=C/O[C@@]2(C)Oc3c(C)c(O)c4c(O)c(c5c(c4c3C2=O)=NC2(CCN(CC(C)C)CC2)N=5)NC(=O)/C(C)=C\C=C\[C@H](C)[C@H](OS(=O)(=O)O)[C@@H](C)[C@@H](O)[C@@H](C)[C@H](OC(C)=O)[C@@H]1C. The van der Waals surface area contributed by atoms with E-state index in [9.17, 15) is 42.7 Å². The monoisotopic (exact) mass is 926 g/mol. The standard InChI is InChI=1S/C46H62N4O14S/c1-22(2)21-50-18-16-46(17-19-50)48-34-31-32-38(53)28(8)42-33(31)43(55)45(10,63-42)61-20-15-30(60-11)25(5)41(62-29(9)51)27(7)37(52)26(6)40(64-65(57,58)59)23(3)13-12-14-24(4)44(56)47-36(39(32)54)35(34)49-46/h12-15,20,22-23,25-27,30,37,40-41,52-54H,16-19,21H2,1-11H3,(H,47,56)(H,57,58,59)/b13-12+,20-15+,24-14-/t23-,25+,26-,27+,30-,37+,40-,41+,45-/m0/s1. The number of esters is 1. The maximum atomic E-state index is 14.8. The molecule has 1 saturated heterocycles. The third-order valence-corrected chi connectivity index (χ3v) is 13.5. The van der Waals surface area contributed by atoms with E-state index in [-0.39, 0.29) is 49.6 Å². The summed E-state index contributed by atoms with van der Waals surface area (Å²) in [6.07, 6.45) is 3.45. The normalized spacial score (nSPS) is 31.6. The van der Waals surface area contributed by atoms with Crippen LogP contribution in [0.4, 0.5) is 5.69 Å². The minimum atomic E-state index is -5.05. The zero-order chi connectivity index (χ0) is 48.1. The van der Waals surface area contributed by atoms with Gasteiger partial charge in [-0.05, 0) is 25.8 Å². The molecule has 19 heteroatoms. The topological polar surface area (TPSA) is 252 Å². The van der Waals surface area contributed by atoms with E-state index in [4.69, 9.17) is 33.1 Å². The maximum Gasteiger partial charge on any atom is 0.397 e. The lowest BCUT2D eigenvalue weighted by atomic mass is 9.78. The number of allylic oxidation sites excluding steroid dienone is 2. The van der Waals surface area contributed by atoms with Crippen LogP contribution >= 0.6 is 0 Å². The molecule has 1 fully saturated rings. The largest absolute Gasteiger partial charge is 0.507 e. The van der Waals surface area contributed by atoms with E-state index < -0.39 is 99.1 Å². The Bertz CT molecular complexity index is 2570. The highest BCUT2D eigenvalue weighted by Gasteiger charge is 2.50. The molecule has 9 atom stereocenters. The van der Waals surface area contributed by atoms with Gasteiger partial charge in [-0.3, -0.25) is 28.9 Å². The first-order valence-electron chi connectivity index (χ1n) is 21.9. The molecule has 0 aliphatic carbocycles. The first-order valence-corrected chi connectivity index (χ1v) is 23.2. The second kappa shape index (κ2) is 18.8. The third-order valence-electron chi connectivity index (χ3n) is 13.1. The van der Waals surface area contributed by atoms with Gasteiger partial charge >= 0.3 is 22.2 Å². The quantitative estimate of drug-likeness (QED) is 0.151. The highest BCUT2D eigenvalue weighted by molar-refractivity contribution is 7.80. The minimum absolute atomic E-state index is 0.00213. The molecule has 2 aromatic rings. The van der Waals surface area contributed by atoms with Gasteiger partial charge in [0.05, 0.1) is 40.9 Å². The summed E-state index contributed by atoms with van der Waals surface area (Å²) in [4.78, 5) is 53.8. The molecule has 5 N–H and O–H groups in total. The van der Waals surface area contributed by atoms with Crippen molar-refractivity contribution in [1.82, 2.24) is 4.90 Å². The second-order valence-corrected chi connectivity index (χ2v) is 19.5. The van der Waals surface area contributed by atoms with Gasteiger partial charge in [-0.15, -0.1) is 0 Å². The third kappa shape index (κ3) is 9.81. The Labute approximate surface area is 379 Å². The van der Waals surface area contributed by atoms with Crippen LogP contribution in [0.2, 0.25) is 0 Å². The number of benzene rings is 2. The van der Waals surface area contributed by atoms with Gasteiger partial charge in [0.1, 0.15) is 28.6 Å². The van der Waals surface area contributed by atoms with Gasteiger partial charge < -0.3 is 44.5 Å². The van der Waals surface area contributed by atoms with Crippen molar-refractivity contribution in [3.05, 3.63) is 58.0 Å². The molecule has 4 bridgehead atoms. The number of amides is 1. The molecule has 1 amide bonds. The summed E-state index contributed by atoms with van der Waals surface area (Å²) >= 11 is 0. The number of hydrogen-bond acceptors (Lipinski definition) is 16. The van der Waals surface area contributed by atoms with E-state index in [0.717, 1.165) is 6.54 Å². The molecule has 0 radical (unpaired) electrons. The Kier molecular flexibility index (Phi) is 14.3. The van der Waals surface area contributed by atoms with Crippen LogP contribution in [-0.2, 0) is 38.4 Å². The Hall–Kier alpha value is -4.92. The summed E-state index contributed by atoms with van der Waals surface area (Å²) in [7, 11) is -3.65. The minimum Gasteiger partial charge on any atom is -0.507 e. The van der Waals surface area contributed by atoms with Crippen molar-refractivity contribution in [3.8, 4) is 17.2 Å². The molecule has 4 aliphatic rings. The van der Waals surface area contributed by atoms with Crippen LogP contribution in [0.5, 0.6) is 17.2 Å². The van der Waals surface area contributed by atoms with E-state index in [2.05, 4.69) is 24.1 Å². The number of Topliss-reactive ketones (excluding diaryl/α,β-unsaturated/α-hetero) is 1. The smallest absolute Gasteiger partial charge is 0.397 e. The fraction of sp³-hybridized carbons (Fsp3) is 0.587. The zero-order valence-corrected chi connectivity index (χ0v) is 39.6. The lowest BCUT2D eigenvalue weighted by Gasteiger charge is -2.38. The van der Waals surface area contributed by atoms with E-state index in [1.54, 1.807) is 20.8 Å². The average molecular weight is 927 g/mol. The highest BCUT2D eigenvalue weighted by atomic mass is 32.3. The number of aliphatic hydroxyl groups excluding tert-OH is 1. The predicted octanol–water partition coefficient (Wildman–Crippen LogP) is 4.58. The Morgan fingerprint density at radius 2 is 1.62 bits per heavy atom. The first kappa shape index (κ1) is 49.5. The van der Waals surface area contributed by atoms with Crippen LogP contribution in [0, 0.1) is 36.5 Å². The van der Waals surface area contributed by atoms with Crippen LogP contribution < -0.4 is 20.8 Å². The lowest BCUT2D eigenvalue weighted by Crippen LogP contribution is -2.47. The molecule has 18 nitrogen and oxygen atoms in total. The molecule has 356 valence electrons. The zero-order valence-electron chi connectivity index (χ0n) is 38.7. The number of rotatable bonds is 6. The van der Waals surface area contributed by atoms with Gasteiger partial charge in [0, 0.05) is 93.6 Å². The molecule has 2 aromatic carbocycles. The number of aromatic hydroxyl groups is 2. The molecule has 1 spiro atoms. The summed E-state index contributed by atoms with van der Waals surface area (Å²) in [6.45, 7) is 18.5. The summed E-state index contributed by atoms with van der Waals surface area (Å²) in [6, 6.07) is 0. The number of nitrogens with one attached hydrogen (secondary N) is 1. The predicted molar refractivity (Wildman–Crippen MR) is 238 cm³/mol. The van der Waals surface area contributed by atoms with Gasteiger partial charge in [-0.25, -0.2) is 4.18 Å². The number of phenols is 2. The number of carbonyl (C=O) groups is 3. The number of hydrogen-bond donors (Lipinski definition) is 5. The molecule has 6 rings (SSSR count). The van der Waals surface area contributed by atoms with Crippen LogP contribution in [-0.4, -0.2) is 113 Å². The number of anilines is 1. The molecule has 0 saturated carbocycles. The van der Waals surface area contributed by atoms with Crippen LogP contribution in [0.25, 0.3) is 10.8 Å². The van der Waals surface area contributed by atoms with Crippen molar-refractivity contribution >= 4 is 44.5 Å². The van der Waals surface area contributed by atoms with Crippen LogP contribution in [0.15, 0.2) is 46.1 Å². The fourth-order valence-electron chi connectivity index (χ4n) is 9.50. The molecule has 0 aromatic heterocycles. The van der Waals surface area contributed by atoms with Crippen molar-refractivity contribution in [2.45, 2.75) is 118 Å². The number of likely N-dealkylation sites (tertiary alicyclic amines) is 1. The van der Waals surface area contributed by atoms with E-state index in [1.165, 1.54) is 72.3 Å². The summed E-state index contributed by atoms with van der Waals surface area (Å²) < 4.78 is 63.2. The number of fused-ring (bicyclic) bond motifs is 1. The summed E-state index contributed by atoms with van der Waals surface area (Å²) in [5.41, 5.74) is -0.908. The second-order valence-electron chi connectivity index (χ2n) is 18.5. The number of phenolic OH excluding ortho intramolecular Hbond substituents is 2. The van der Waals surface area contributed by atoms with E-state index >= 15 is 0 Å². The Balaban J connectivity index is 1.56. The summed E-state index contributed by atoms with van der Waals surface area (Å²) in [5, 5.41) is 38.8. The molecule has 4 heterocycles. The van der Waals surface area contributed by atoms with Crippen molar-refractivity contribution in [2.75, 3.05) is 32.1 Å². The van der Waals surface area contributed by atoms with E-state index in [0.29, 0.717) is 31.8 Å². The van der Waals surface area contributed by atoms with Gasteiger partial charge in [0.15, 0.2) is 11.4 Å². The van der Waals surface area contributed by atoms with Gasteiger partial charge in [-0.1, -0.05) is 59.8 Å². The Morgan fingerprint density at radius 3 is 2.22 bits per heavy atom. The highest BCUT2D eigenvalue weighted by Crippen LogP contribution is 2.50. The van der Waals surface area contributed by atoms with Crippen LogP contribution in [0.3, 0.4) is 0 Å². The molecule has 4 aliphatic heterocycles. The van der Waals surface area contributed by atoms with Crippen molar-refractivity contribution in [2.24, 2.45) is 39.6 Å². The number of carbonyl (C=O) groups excluding carboxylic acids is 3. The molecule has 0 unspecified atom stereocenters. The average Bonchev–Trinajstić information content (AvgIpc) is 3.73. The van der Waals surface area contributed by atoms with Crippen molar-refractivity contribution in [3.63, 3.8) is 0 Å². The molecular formula is C46H62N4O14S. The van der Waals surface area contributed by atoms with Gasteiger partial charge in [-0.2, -0.15) is 8.42 Å². The van der Waals surface area contributed by atoms with E-state index in [1.807, 2.05) is 0 Å².